The molecule has 0 radical (unpaired) electrons. The molecule has 0 aliphatic heterocycles. The second-order valence-electron chi connectivity index (χ2n) is 8.23. The van der Waals surface area contributed by atoms with E-state index in [1.54, 1.807) is 0 Å². The number of hydrogen-bond donors (Lipinski definition) is 2. The number of nitrogens with one attached hydrogen (secondary N) is 2. The lowest BCUT2D eigenvalue weighted by Gasteiger charge is -2.27. The van der Waals surface area contributed by atoms with Crippen LogP contribution in [0.2, 0.25) is 0 Å². The molecule has 0 aromatic heterocycles. The van der Waals surface area contributed by atoms with E-state index in [1.807, 2.05) is 48.5 Å². The smallest absolute Gasteiger partial charge is 0.242 e. The molecule has 0 saturated heterocycles. The summed E-state index contributed by atoms with van der Waals surface area (Å²) in [5, 5.41) is 6.06. The van der Waals surface area contributed by atoms with E-state index in [4.69, 9.17) is 0 Å². The van der Waals surface area contributed by atoms with Crippen molar-refractivity contribution in [3.05, 3.63) is 71.8 Å². The van der Waals surface area contributed by atoms with Gasteiger partial charge in [0.25, 0.3) is 0 Å². The SMILES string of the molecule is CC1CCC(C(=O)N[C@@H](Cc2ccccc2)C(=O)NCCc2ccccc2)CC1. The van der Waals surface area contributed by atoms with Gasteiger partial charge in [-0.3, -0.25) is 9.59 Å². The Kier molecular flexibility index (Phi) is 7.85. The van der Waals surface area contributed by atoms with Gasteiger partial charge in [0.05, 0.1) is 0 Å². The van der Waals surface area contributed by atoms with Crippen molar-refractivity contribution in [2.45, 2.75) is 51.5 Å². The summed E-state index contributed by atoms with van der Waals surface area (Å²) in [6, 6.07) is 19.4. The molecule has 4 heteroatoms. The van der Waals surface area contributed by atoms with Crippen molar-refractivity contribution in [2.24, 2.45) is 11.8 Å². The van der Waals surface area contributed by atoms with Gasteiger partial charge >= 0.3 is 0 Å². The zero-order chi connectivity index (χ0) is 20.5. The van der Waals surface area contributed by atoms with Gasteiger partial charge in [-0.05, 0) is 49.1 Å². The minimum absolute atomic E-state index is 0.0241. The van der Waals surface area contributed by atoms with Crippen LogP contribution in [0.4, 0.5) is 0 Å². The standard InChI is InChI=1S/C25H32N2O2/c1-19-12-14-22(15-13-19)24(28)27-23(18-21-10-6-3-7-11-21)25(29)26-17-16-20-8-4-2-5-9-20/h2-11,19,22-23H,12-18H2,1H3,(H,26,29)(H,27,28)/t19?,22?,23-/m0/s1. The third kappa shape index (κ3) is 6.74. The molecule has 3 rings (SSSR count). The molecule has 1 aliphatic rings. The fourth-order valence-electron chi connectivity index (χ4n) is 3.97. The molecule has 0 unspecified atom stereocenters. The molecule has 2 aromatic rings. The zero-order valence-electron chi connectivity index (χ0n) is 17.3. The van der Waals surface area contributed by atoms with E-state index in [2.05, 4.69) is 29.7 Å². The normalized spacial score (nSPS) is 19.9. The van der Waals surface area contributed by atoms with Gasteiger partial charge in [-0.15, -0.1) is 0 Å². The average molecular weight is 393 g/mol. The first-order chi connectivity index (χ1) is 14.1. The topological polar surface area (TPSA) is 58.2 Å². The Labute approximate surface area is 174 Å². The first kappa shape index (κ1) is 21.1. The lowest BCUT2D eigenvalue weighted by atomic mass is 9.82. The molecule has 1 saturated carbocycles. The van der Waals surface area contributed by atoms with Gasteiger partial charge in [0.1, 0.15) is 6.04 Å². The lowest BCUT2D eigenvalue weighted by Crippen LogP contribution is -2.50. The van der Waals surface area contributed by atoms with E-state index in [-0.39, 0.29) is 17.7 Å². The minimum atomic E-state index is -0.542. The fraction of sp³-hybridized carbons (Fsp3) is 0.440. The molecule has 154 valence electrons. The highest BCUT2D eigenvalue weighted by molar-refractivity contribution is 5.88. The van der Waals surface area contributed by atoms with Crippen molar-refractivity contribution in [3.8, 4) is 0 Å². The maximum absolute atomic E-state index is 12.9. The van der Waals surface area contributed by atoms with Crippen LogP contribution in [0.1, 0.15) is 43.7 Å². The summed E-state index contributed by atoms with van der Waals surface area (Å²) in [5.74, 6) is 0.639. The van der Waals surface area contributed by atoms with Crippen molar-refractivity contribution >= 4 is 11.8 Å². The number of amides is 2. The zero-order valence-corrected chi connectivity index (χ0v) is 17.3. The second kappa shape index (κ2) is 10.8. The summed E-state index contributed by atoms with van der Waals surface area (Å²) in [6.07, 6.45) is 5.29. The van der Waals surface area contributed by atoms with Crippen LogP contribution in [-0.4, -0.2) is 24.4 Å². The summed E-state index contributed by atoms with van der Waals surface area (Å²) >= 11 is 0. The molecule has 2 amide bonds. The molecule has 0 spiro atoms. The maximum atomic E-state index is 12.9. The highest BCUT2D eigenvalue weighted by Crippen LogP contribution is 2.28. The van der Waals surface area contributed by atoms with Gasteiger partial charge in [-0.25, -0.2) is 0 Å². The Bertz CT molecular complexity index is 768. The first-order valence-corrected chi connectivity index (χ1v) is 10.8. The van der Waals surface area contributed by atoms with Crippen LogP contribution in [-0.2, 0) is 22.4 Å². The maximum Gasteiger partial charge on any atom is 0.242 e. The van der Waals surface area contributed by atoms with Gasteiger partial charge in [-0.1, -0.05) is 67.6 Å². The predicted octanol–water partition coefficient (Wildman–Crippen LogP) is 3.90. The van der Waals surface area contributed by atoms with Crippen molar-refractivity contribution in [1.29, 1.82) is 0 Å². The van der Waals surface area contributed by atoms with Gasteiger partial charge in [0, 0.05) is 18.9 Å². The molecule has 2 aromatic carbocycles. The van der Waals surface area contributed by atoms with Gasteiger partial charge < -0.3 is 10.6 Å². The summed E-state index contributed by atoms with van der Waals surface area (Å²) in [5.41, 5.74) is 2.24. The number of hydrogen-bond acceptors (Lipinski definition) is 2. The van der Waals surface area contributed by atoms with Crippen LogP contribution in [0.3, 0.4) is 0 Å². The second-order valence-corrected chi connectivity index (χ2v) is 8.23. The third-order valence-electron chi connectivity index (χ3n) is 5.86. The molecular formula is C25H32N2O2. The Balaban J connectivity index is 1.59. The Morgan fingerprint density at radius 3 is 2.10 bits per heavy atom. The molecular weight excluding hydrogens is 360 g/mol. The Morgan fingerprint density at radius 2 is 1.48 bits per heavy atom. The molecule has 29 heavy (non-hydrogen) atoms. The van der Waals surface area contributed by atoms with Gasteiger partial charge in [-0.2, -0.15) is 0 Å². The predicted molar refractivity (Wildman–Crippen MR) is 116 cm³/mol. The Morgan fingerprint density at radius 1 is 0.897 bits per heavy atom. The largest absolute Gasteiger partial charge is 0.354 e. The quantitative estimate of drug-likeness (QED) is 0.716. The van der Waals surface area contributed by atoms with Crippen molar-refractivity contribution in [3.63, 3.8) is 0 Å². The highest BCUT2D eigenvalue weighted by atomic mass is 16.2. The minimum Gasteiger partial charge on any atom is -0.354 e. The third-order valence-corrected chi connectivity index (χ3v) is 5.86. The van der Waals surface area contributed by atoms with Gasteiger partial charge in [0.15, 0.2) is 0 Å². The molecule has 1 fully saturated rings. The molecule has 0 heterocycles. The monoisotopic (exact) mass is 392 g/mol. The average Bonchev–Trinajstić information content (AvgIpc) is 2.75. The van der Waals surface area contributed by atoms with Crippen molar-refractivity contribution in [2.75, 3.05) is 6.54 Å². The van der Waals surface area contributed by atoms with Gasteiger partial charge in [0.2, 0.25) is 11.8 Å². The van der Waals surface area contributed by atoms with Crippen LogP contribution >= 0.6 is 0 Å². The van der Waals surface area contributed by atoms with Crippen LogP contribution in [0.15, 0.2) is 60.7 Å². The molecule has 1 aliphatic carbocycles. The summed E-state index contributed by atoms with van der Waals surface area (Å²) < 4.78 is 0. The van der Waals surface area contributed by atoms with Crippen LogP contribution in [0.25, 0.3) is 0 Å². The summed E-state index contributed by atoms with van der Waals surface area (Å²) in [6.45, 7) is 2.80. The van der Waals surface area contributed by atoms with Crippen LogP contribution in [0, 0.1) is 11.8 Å². The Hall–Kier alpha value is -2.62. The number of benzene rings is 2. The van der Waals surface area contributed by atoms with E-state index < -0.39 is 6.04 Å². The van der Waals surface area contributed by atoms with Crippen molar-refractivity contribution < 1.29 is 9.59 Å². The molecule has 1 atom stereocenters. The fourth-order valence-corrected chi connectivity index (χ4v) is 3.97. The highest BCUT2D eigenvalue weighted by Gasteiger charge is 2.28. The lowest BCUT2D eigenvalue weighted by molar-refractivity contribution is -0.131. The van der Waals surface area contributed by atoms with Crippen LogP contribution < -0.4 is 10.6 Å². The van der Waals surface area contributed by atoms with Crippen LogP contribution in [0.5, 0.6) is 0 Å². The van der Waals surface area contributed by atoms with E-state index in [0.717, 1.165) is 37.7 Å². The van der Waals surface area contributed by atoms with E-state index in [9.17, 15) is 9.59 Å². The first-order valence-electron chi connectivity index (χ1n) is 10.8. The number of carbonyl (C=O) groups is 2. The number of carbonyl (C=O) groups excluding carboxylic acids is 2. The molecule has 0 bridgehead atoms. The van der Waals surface area contributed by atoms with E-state index in [1.165, 1.54) is 5.56 Å². The molecule has 4 nitrogen and oxygen atoms in total. The van der Waals surface area contributed by atoms with Crippen molar-refractivity contribution in [1.82, 2.24) is 10.6 Å². The molecule has 2 N–H and O–H groups in total. The summed E-state index contributed by atoms with van der Waals surface area (Å²) in [4.78, 5) is 25.7. The van der Waals surface area contributed by atoms with E-state index >= 15 is 0 Å². The summed E-state index contributed by atoms with van der Waals surface area (Å²) in [7, 11) is 0. The van der Waals surface area contributed by atoms with E-state index in [0.29, 0.717) is 18.9 Å². The number of rotatable bonds is 8.